The topological polar surface area (TPSA) is 47.3 Å². The van der Waals surface area contributed by atoms with E-state index in [0.717, 1.165) is 37.4 Å². The predicted octanol–water partition coefficient (Wildman–Crippen LogP) is 4.05. The third-order valence-corrected chi connectivity index (χ3v) is 3.31. The van der Waals surface area contributed by atoms with Gasteiger partial charge in [0, 0.05) is 12.6 Å². The summed E-state index contributed by atoms with van der Waals surface area (Å²) in [6, 6.07) is 1.98. The van der Waals surface area contributed by atoms with Crippen molar-refractivity contribution in [1.29, 1.82) is 0 Å². The van der Waals surface area contributed by atoms with Crippen LogP contribution in [-0.2, 0) is 17.9 Å². The highest BCUT2D eigenvalue weighted by Crippen LogP contribution is 2.11. The molecule has 4 nitrogen and oxygen atoms in total. The lowest BCUT2D eigenvalue weighted by molar-refractivity contribution is 0.0333. The van der Waals surface area contributed by atoms with E-state index in [-0.39, 0.29) is 0 Å². The number of aromatic nitrogens is 1. The van der Waals surface area contributed by atoms with E-state index in [2.05, 4.69) is 31.2 Å². The molecule has 1 rings (SSSR count). The average Bonchev–Trinajstić information content (AvgIpc) is 2.90. The summed E-state index contributed by atoms with van der Waals surface area (Å²) >= 11 is 0. The minimum Gasteiger partial charge on any atom is -0.370 e. The van der Waals surface area contributed by atoms with Gasteiger partial charge in [-0.1, -0.05) is 44.7 Å². The lowest BCUT2D eigenvalue weighted by Gasteiger charge is -2.11. The van der Waals surface area contributed by atoms with Gasteiger partial charge in [0.25, 0.3) is 0 Å². The summed E-state index contributed by atoms with van der Waals surface area (Å²) in [7, 11) is 0. The Balaban J connectivity index is 2.14. The number of unbranched alkanes of at least 4 members (excludes halogenated alkanes) is 3. The molecule has 0 aliphatic rings. The fourth-order valence-electron chi connectivity index (χ4n) is 2.07. The maximum absolute atomic E-state index is 5.79. The van der Waals surface area contributed by atoms with Crippen LogP contribution in [0.5, 0.6) is 0 Å². The monoisotopic (exact) mass is 282 g/mol. The van der Waals surface area contributed by atoms with Crippen LogP contribution in [0.2, 0.25) is 0 Å². The highest BCUT2D eigenvalue weighted by molar-refractivity contribution is 5.04. The second kappa shape index (κ2) is 10.9. The van der Waals surface area contributed by atoms with Crippen molar-refractivity contribution in [2.75, 3.05) is 6.54 Å². The molecule has 0 bridgehead atoms. The summed E-state index contributed by atoms with van der Waals surface area (Å²) in [6.07, 6.45) is 7.70. The molecule has 0 saturated heterocycles. The molecule has 1 aromatic rings. The second-order valence-electron chi connectivity index (χ2n) is 5.43. The minimum atomic E-state index is 0.290. The van der Waals surface area contributed by atoms with Gasteiger partial charge in [0.1, 0.15) is 6.61 Å². The maximum atomic E-state index is 5.79. The van der Waals surface area contributed by atoms with Crippen LogP contribution in [0.4, 0.5) is 0 Å². The number of nitrogens with one attached hydrogen (secondary N) is 1. The van der Waals surface area contributed by atoms with Crippen molar-refractivity contribution < 1.29 is 9.26 Å². The Morgan fingerprint density at radius 1 is 1.25 bits per heavy atom. The fraction of sp³-hybridized carbons (Fsp3) is 0.812. The van der Waals surface area contributed by atoms with E-state index >= 15 is 0 Å². The van der Waals surface area contributed by atoms with E-state index in [1.165, 1.54) is 25.7 Å². The van der Waals surface area contributed by atoms with Crippen LogP contribution >= 0.6 is 0 Å². The molecule has 1 heterocycles. The van der Waals surface area contributed by atoms with Gasteiger partial charge >= 0.3 is 0 Å². The Morgan fingerprint density at radius 2 is 2.10 bits per heavy atom. The van der Waals surface area contributed by atoms with Gasteiger partial charge in [-0.15, -0.1) is 0 Å². The molecule has 0 saturated carbocycles. The average molecular weight is 282 g/mol. The lowest BCUT2D eigenvalue weighted by Crippen LogP contribution is -2.13. The summed E-state index contributed by atoms with van der Waals surface area (Å²) in [5.41, 5.74) is 0.952. The molecule has 116 valence electrons. The first-order valence-electron chi connectivity index (χ1n) is 8.03. The van der Waals surface area contributed by atoms with Crippen LogP contribution in [0.25, 0.3) is 0 Å². The van der Waals surface area contributed by atoms with Gasteiger partial charge < -0.3 is 14.6 Å². The van der Waals surface area contributed by atoms with Crippen LogP contribution in [0, 0.1) is 0 Å². The zero-order valence-corrected chi connectivity index (χ0v) is 13.3. The third kappa shape index (κ3) is 7.65. The fourth-order valence-corrected chi connectivity index (χ4v) is 2.07. The smallest absolute Gasteiger partial charge is 0.162 e. The summed E-state index contributed by atoms with van der Waals surface area (Å²) < 4.78 is 11.1. The largest absolute Gasteiger partial charge is 0.370 e. The van der Waals surface area contributed by atoms with E-state index in [0.29, 0.717) is 12.7 Å². The first-order chi connectivity index (χ1) is 9.76. The van der Waals surface area contributed by atoms with E-state index in [9.17, 15) is 0 Å². The molecule has 4 heteroatoms. The summed E-state index contributed by atoms with van der Waals surface area (Å²) in [5.74, 6) is 0.818. The van der Waals surface area contributed by atoms with Crippen LogP contribution in [0.3, 0.4) is 0 Å². The van der Waals surface area contributed by atoms with Crippen LogP contribution < -0.4 is 5.32 Å². The van der Waals surface area contributed by atoms with Gasteiger partial charge in [0.05, 0.1) is 11.8 Å². The Kier molecular flexibility index (Phi) is 9.33. The molecule has 0 fully saturated rings. The molecule has 0 aliphatic carbocycles. The summed E-state index contributed by atoms with van der Waals surface area (Å²) in [6.45, 7) is 8.81. The Bertz CT molecular complexity index is 339. The van der Waals surface area contributed by atoms with Crippen LogP contribution in [0.1, 0.15) is 70.8 Å². The first-order valence-corrected chi connectivity index (χ1v) is 8.03. The predicted molar refractivity (Wildman–Crippen MR) is 81.5 cm³/mol. The molecule has 1 N–H and O–H groups in total. The van der Waals surface area contributed by atoms with Gasteiger partial charge in [0.15, 0.2) is 5.76 Å². The number of rotatable bonds is 12. The van der Waals surface area contributed by atoms with E-state index < -0.39 is 0 Å². The van der Waals surface area contributed by atoms with Crippen molar-refractivity contribution in [3.05, 3.63) is 17.5 Å². The van der Waals surface area contributed by atoms with E-state index in [1.54, 1.807) is 0 Å². The molecule has 0 aromatic carbocycles. The van der Waals surface area contributed by atoms with Gasteiger partial charge in [-0.2, -0.15) is 0 Å². The molecular formula is C16H30N2O2. The number of hydrogen-bond acceptors (Lipinski definition) is 4. The van der Waals surface area contributed by atoms with Gasteiger partial charge in [-0.25, -0.2) is 0 Å². The molecular weight excluding hydrogens is 252 g/mol. The highest BCUT2D eigenvalue weighted by Gasteiger charge is 2.07. The van der Waals surface area contributed by atoms with Gasteiger partial charge in [-0.05, 0) is 26.3 Å². The van der Waals surface area contributed by atoms with Crippen molar-refractivity contribution in [3.63, 3.8) is 0 Å². The van der Waals surface area contributed by atoms with Gasteiger partial charge in [0.2, 0.25) is 0 Å². The first kappa shape index (κ1) is 17.2. The number of hydrogen-bond donors (Lipinski definition) is 1. The van der Waals surface area contributed by atoms with Crippen molar-refractivity contribution in [3.8, 4) is 0 Å². The van der Waals surface area contributed by atoms with Crippen molar-refractivity contribution in [2.45, 2.75) is 78.6 Å². The molecule has 0 aliphatic heterocycles. The molecule has 1 unspecified atom stereocenters. The zero-order chi connectivity index (χ0) is 14.6. The molecule has 1 aromatic heterocycles. The SMILES string of the molecule is CCCCCCC(C)OCc1cc(CNCCC)no1. The highest BCUT2D eigenvalue weighted by atomic mass is 16.5. The second-order valence-corrected chi connectivity index (χ2v) is 5.43. The maximum Gasteiger partial charge on any atom is 0.162 e. The molecule has 0 amide bonds. The molecule has 0 radical (unpaired) electrons. The molecule has 1 atom stereocenters. The minimum absolute atomic E-state index is 0.290. The standard InChI is InChI=1S/C16H30N2O2/c1-4-6-7-8-9-14(3)19-13-16-11-15(18-20-16)12-17-10-5-2/h11,14,17H,4-10,12-13H2,1-3H3. The van der Waals surface area contributed by atoms with Crippen LogP contribution in [0.15, 0.2) is 10.6 Å². The van der Waals surface area contributed by atoms with Crippen molar-refractivity contribution >= 4 is 0 Å². The normalized spacial score (nSPS) is 12.8. The molecule has 0 spiro atoms. The summed E-state index contributed by atoms with van der Waals surface area (Å²) in [5, 5.41) is 7.34. The van der Waals surface area contributed by atoms with E-state index in [1.807, 2.05) is 6.07 Å². The van der Waals surface area contributed by atoms with E-state index in [4.69, 9.17) is 9.26 Å². The third-order valence-electron chi connectivity index (χ3n) is 3.31. The lowest BCUT2D eigenvalue weighted by atomic mass is 10.1. The van der Waals surface area contributed by atoms with Crippen molar-refractivity contribution in [1.82, 2.24) is 10.5 Å². The van der Waals surface area contributed by atoms with Crippen molar-refractivity contribution in [2.24, 2.45) is 0 Å². The Morgan fingerprint density at radius 3 is 2.85 bits per heavy atom. The quantitative estimate of drug-likeness (QED) is 0.588. The Hall–Kier alpha value is -0.870. The zero-order valence-electron chi connectivity index (χ0n) is 13.3. The van der Waals surface area contributed by atoms with Crippen LogP contribution in [-0.4, -0.2) is 17.8 Å². The number of nitrogens with zero attached hydrogens (tertiary/aromatic N) is 1. The molecule has 20 heavy (non-hydrogen) atoms. The summed E-state index contributed by atoms with van der Waals surface area (Å²) in [4.78, 5) is 0. The Labute approximate surface area is 123 Å². The van der Waals surface area contributed by atoms with Gasteiger partial charge in [-0.3, -0.25) is 0 Å². The number of ether oxygens (including phenoxy) is 1.